The van der Waals surface area contributed by atoms with E-state index < -0.39 is 23.0 Å². The summed E-state index contributed by atoms with van der Waals surface area (Å²) in [5.41, 5.74) is 0.895. The van der Waals surface area contributed by atoms with Crippen LogP contribution < -0.4 is 16.6 Å². The van der Waals surface area contributed by atoms with Crippen molar-refractivity contribution < 1.29 is 9.18 Å². The fourth-order valence-corrected chi connectivity index (χ4v) is 3.09. The Balaban J connectivity index is 1.75. The van der Waals surface area contributed by atoms with Crippen molar-refractivity contribution in [2.45, 2.75) is 6.92 Å². The predicted molar refractivity (Wildman–Crippen MR) is 109 cm³/mol. The van der Waals surface area contributed by atoms with Gasteiger partial charge in [-0.1, -0.05) is 24.3 Å². The average molecular weight is 389 g/mol. The van der Waals surface area contributed by atoms with Crippen LogP contribution in [-0.2, 0) is 0 Å². The topological polar surface area (TPSA) is 84.0 Å². The molecule has 2 N–H and O–H groups in total. The maximum Gasteiger partial charge on any atom is 0.333 e. The molecular weight excluding hydrogens is 373 g/mol. The second-order valence-electron chi connectivity index (χ2n) is 6.58. The number of fused-ring (bicyclic) bond motifs is 1. The molecule has 4 rings (SSSR count). The van der Waals surface area contributed by atoms with Crippen LogP contribution in [0.1, 0.15) is 15.9 Å². The smallest absolute Gasteiger partial charge is 0.322 e. The lowest BCUT2D eigenvalue weighted by Gasteiger charge is -2.10. The van der Waals surface area contributed by atoms with E-state index in [2.05, 4.69) is 10.3 Å². The first-order chi connectivity index (χ1) is 13.9. The van der Waals surface area contributed by atoms with Crippen LogP contribution in [0.4, 0.5) is 10.1 Å². The number of aromatic nitrogens is 2. The number of rotatable bonds is 3. The van der Waals surface area contributed by atoms with E-state index in [1.54, 1.807) is 43.3 Å². The van der Waals surface area contributed by atoms with E-state index in [9.17, 15) is 18.8 Å². The number of nitrogens with zero attached hydrogens (tertiary/aromatic N) is 1. The van der Waals surface area contributed by atoms with Crippen molar-refractivity contribution in [3.63, 3.8) is 0 Å². The summed E-state index contributed by atoms with van der Waals surface area (Å²) >= 11 is 0. The Morgan fingerprint density at radius 2 is 1.76 bits per heavy atom. The molecule has 0 saturated heterocycles. The number of aryl methyl sites for hydroxylation is 1. The summed E-state index contributed by atoms with van der Waals surface area (Å²) in [6, 6.07) is 17.1. The monoisotopic (exact) mass is 389 g/mol. The zero-order chi connectivity index (χ0) is 20.5. The number of carbonyl (C=O) groups is 1. The number of para-hydroxylation sites is 1. The van der Waals surface area contributed by atoms with Crippen LogP contribution in [0.25, 0.3) is 16.6 Å². The van der Waals surface area contributed by atoms with Gasteiger partial charge >= 0.3 is 5.69 Å². The third-order valence-electron chi connectivity index (χ3n) is 4.62. The molecular formula is C22H16FN3O3. The molecule has 0 saturated carbocycles. The molecule has 0 unspecified atom stereocenters. The summed E-state index contributed by atoms with van der Waals surface area (Å²) in [4.78, 5) is 40.5. The van der Waals surface area contributed by atoms with Crippen LogP contribution in [0.5, 0.6) is 0 Å². The number of nitrogens with one attached hydrogen (secondary N) is 2. The minimum absolute atomic E-state index is 0.230. The molecule has 0 spiro atoms. The summed E-state index contributed by atoms with van der Waals surface area (Å²) in [5, 5.41) is 2.91. The van der Waals surface area contributed by atoms with Gasteiger partial charge in [-0.3, -0.25) is 9.59 Å². The van der Waals surface area contributed by atoms with Crippen LogP contribution in [0.15, 0.2) is 76.3 Å². The van der Waals surface area contributed by atoms with Gasteiger partial charge in [-0.05, 0) is 55.0 Å². The Bertz CT molecular complexity index is 1360. The van der Waals surface area contributed by atoms with Gasteiger partial charge in [0.2, 0.25) is 0 Å². The molecule has 0 aliphatic carbocycles. The molecule has 4 aromatic rings. The molecule has 144 valence electrons. The summed E-state index contributed by atoms with van der Waals surface area (Å²) in [6.45, 7) is 1.75. The molecule has 7 heteroatoms. The highest BCUT2D eigenvalue weighted by atomic mass is 19.1. The van der Waals surface area contributed by atoms with Crippen molar-refractivity contribution in [3.8, 4) is 5.69 Å². The number of hydrogen-bond acceptors (Lipinski definition) is 3. The van der Waals surface area contributed by atoms with Crippen molar-refractivity contribution in [2.24, 2.45) is 0 Å². The highest BCUT2D eigenvalue weighted by Gasteiger charge is 2.13. The van der Waals surface area contributed by atoms with Gasteiger partial charge < -0.3 is 10.3 Å². The Morgan fingerprint density at radius 1 is 1.00 bits per heavy atom. The maximum absolute atomic E-state index is 13.4. The quantitative estimate of drug-likeness (QED) is 0.563. The number of hydrogen-bond donors (Lipinski definition) is 2. The van der Waals surface area contributed by atoms with Gasteiger partial charge in [-0.2, -0.15) is 0 Å². The fraction of sp³-hybridized carbons (Fsp3) is 0.0455. The van der Waals surface area contributed by atoms with Crippen LogP contribution >= 0.6 is 0 Å². The summed E-state index contributed by atoms with van der Waals surface area (Å²) < 4.78 is 14.5. The minimum atomic E-state index is -0.604. The molecule has 0 aliphatic rings. The van der Waals surface area contributed by atoms with Crippen LogP contribution in [0, 0.1) is 12.7 Å². The summed E-state index contributed by atoms with van der Waals surface area (Å²) in [6.07, 6.45) is 0. The molecule has 6 nitrogen and oxygen atoms in total. The van der Waals surface area contributed by atoms with Gasteiger partial charge in [0.05, 0.1) is 16.6 Å². The highest BCUT2D eigenvalue weighted by molar-refractivity contribution is 6.06. The van der Waals surface area contributed by atoms with Gasteiger partial charge in [-0.15, -0.1) is 0 Å². The number of aromatic amines is 1. The molecule has 0 fully saturated rings. The number of anilines is 1. The lowest BCUT2D eigenvalue weighted by atomic mass is 10.1. The van der Waals surface area contributed by atoms with E-state index in [4.69, 9.17) is 0 Å². The molecule has 29 heavy (non-hydrogen) atoms. The average Bonchev–Trinajstić information content (AvgIpc) is 2.71. The highest BCUT2D eigenvalue weighted by Crippen LogP contribution is 2.18. The Kier molecular flexibility index (Phi) is 4.56. The van der Waals surface area contributed by atoms with E-state index in [1.807, 2.05) is 0 Å². The second kappa shape index (κ2) is 7.20. The third kappa shape index (κ3) is 3.45. The van der Waals surface area contributed by atoms with Gasteiger partial charge in [0.1, 0.15) is 5.82 Å². The predicted octanol–water partition coefficient (Wildman–Crippen LogP) is 3.38. The van der Waals surface area contributed by atoms with E-state index in [1.165, 1.54) is 30.3 Å². The standard InChI is InChI=1S/C22H16FN3O3/c1-13-7-9-15(23)12-18(13)24-20(27)14-8-10-17-19(11-14)25-22(29)26(21(17)28)16-5-3-2-4-6-16/h2-12H,1H3,(H,24,27)(H,25,29). The first-order valence-electron chi connectivity index (χ1n) is 8.86. The summed E-state index contributed by atoms with van der Waals surface area (Å²) in [7, 11) is 0. The lowest BCUT2D eigenvalue weighted by Crippen LogP contribution is -2.33. The fourth-order valence-electron chi connectivity index (χ4n) is 3.09. The normalized spacial score (nSPS) is 10.8. The molecule has 0 aliphatic heterocycles. The van der Waals surface area contributed by atoms with Crippen LogP contribution in [-0.4, -0.2) is 15.5 Å². The number of halogens is 1. The SMILES string of the molecule is Cc1ccc(F)cc1NC(=O)c1ccc2c(=O)n(-c3ccccc3)c(=O)[nH]c2c1. The van der Waals surface area contributed by atoms with Crippen molar-refractivity contribution in [1.29, 1.82) is 0 Å². The van der Waals surface area contributed by atoms with Crippen molar-refractivity contribution in [1.82, 2.24) is 9.55 Å². The zero-order valence-electron chi connectivity index (χ0n) is 15.4. The third-order valence-corrected chi connectivity index (χ3v) is 4.62. The van der Waals surface area contributed by atoms with Gasteiger partial charge in [0, 0.05) is 11.3 Å². The number of H-pyrrole nitrogens is 1. The first kappa shape index (κ1) is 18.4. The van der Waals surface area contributed by atoms with Crippen molar-refractivity contribution >= 4 is 22.5 Å². The first-order valence-corrected chi connectivity index (χ1v) is 8.86. The Labute approximate surface area is 164 Å². The molecule has 0 atom stereocenters. The maximum atomic E-state index is 13.4. The number of carbonyl (C=O) groups excluding carboxylic acids is 1. The van der Waals surface area contributed by atoms with Gasteiger partial charge in [-0.25, -0.2) is 13.8 Å². The minimum Gasteiger partial charge on any atom is -0.322 e. The number of amides is 1. The molecule has 0 bridgehead atoms. The van der Waals surface area contributed by atoms with Crippen molar-refractivity contribution in [2.75, 3.05) is 5.32 Å². The largest absolute Gasteiger partial charge is 0.333 e. The van der Waals surface area contributed by atoms with Gasteiger partial charge in [0.25, 0.3) is 11.5 Å². The number of benzene rings is 3. The van der Waals surface area contributed by atoms with E-state index in [0.717, 1.165) is 4.57 Å². The van der Waals surface area contributed by atoms with Crippen LogP contribution in [0.2, 0.25) is 0 Å². The van der Waals surface area contributed by atoms with Gasteiger partial charge in [0.15, 0.2) is 0 Å². The molecule has 1 heterocycles. The lowest BCUT2D eigenvalue weighted by molar-refractivity contribution is 0.102. The van der Waals surface area contributed by atoms with E-state index in [0.29, 0.717) is 16.9 Å². The van der Waals surface area contributed by atoms with Crippen LogP contribution in [0.3, 0.4) is 0 Å². The summed E-state index contributed by atoms with van der Waals surface area (Å²) in [5.74, 6) is -0.941. The second-order valence-corrected chi connectivity index (χ2v) is 6.58. The molecule has 1 aromatic heterocycles. The molecule has 3 aromatic carbocycles. The van der Waals surface area contributed by atoms with E-state index in [-0.39, 0.29) is 16.5 Å². The van der Waals surface area contributed by atoms with Crippen molar-refractivity contribution in [3.05, 3.63) is 105 Å². The molecule has 0 radical (unpaired) electrons. The Morgan fingerprint density at radius 3 is 2.52 bits per heavy atom. The Hall–Kier alpha value is -4.00. The zero-order valence-corrected chi connectivity index (χ0v) is 15.4. The molecule has 1 amide bonds. The van der Waals surface area contributed by atoms with E-state index >= 15 is 0 Å².